The van der Waals surface area contributed by atoms with Crippen LogP contribution in [0.3, 0.4) is 0 Å². The van der Waals surface area contributed by atoms with Crippen molar-refractivity contribution in [3.05, 3.63) is 12.2 Å². The number of nitrogens with zero attached hydrogens (tertiary/aromatic N) is 1. The summed E-state index contributed by atoms with van der Waals surface area (Å²) in [7, 11) is 0. The summed E-state index contributed by atoms with van der Waals surface area (Å²) in [5, 5.41) is 0. The van der Waals surface area contributed by atoms with Gasteiger partial charge in [-0.1, -0.05) is 84.3 Å². The summed E-state index contributed by atoms with van der Waals surface area (Å²) in [6, 6.07) is 0.288. The second-order valence-electron chi connectivity index (χ2n) is 8.35. The highest BCUT2D eigenvalue weighted by Crippen LogP contribution is 2.15. The van der Waals surface area contributed by atoms with Crippen LogP contribution in [-0.4, -0.2) is 23.0 Å². The van der Waals surface area contributed by atoms with Crippen LogP contribution in [0.1, 0.15) is 130 Å². The zero-order valence-corrected chi connectivity index (χ0v) is 19.6. The minimum atomic E-state index is -0.180. The molecular formula is C25H50N2O. The number of carbonyl (C=O) groups is 1. The maximum absolute atomic E-state index is 12.5. The molecule has 0 aromatic rings. The molecule has 0 heterocycles. The van der Waals surface area contributed by atoms with E-state index >= 15 is 0 Å². The third kappa shape index (κ3) is 14.2. The molecule has 1 atom stereocenters. The van der Waals surface area contributed by atoms with Crippen LogP contribution in [0.5, 0.6) is 0 Å². The van der Waals surface area contributed by atoms with E-state index in [1.807, 2.05) is 11.8 Å². The van der Waals surface area contributed by atoms with Gasteiger partial charge in [-0.25, -0.2) is 0 Å². The number of hydrogen-bond donors (Lipinski definition) is 1. The molecule has 3 nitrogen and oxygen atoms in total. The van der Waals surface area contributed by atoms with Gasteiger partial charge in [0.1, 0.15) is 0 Å². The summed E-state index contributed by atoms with van der Waals surface area (Å²) >= 11 is 0. The number of allylic oxidation sites excluding steroid dienone is 2. The second-order valence-corrected chi connectivity index (χ2v) is 8.35. The normalized spacial score (nSPS) is 12.8. The molecule has 28 heavy (non-hydrogen) atoms. The third-order valence-electron chi connectivity index (χ3n) is 5.72. The van der Waals surface area contributed by atoms with Crippen molar-refractivity contribution in [3.63, 3.8) is 0 Å². The Morgan fingerprint density at radius 2 is 1.25 bits per heavy atom. The van der Waals surface area contributed by atoms with Crippen LogP contribution < -0.4 is 5.73 Å². The van der Waals surface area contributed by atoms with Crippen molar-refractivity contribution in [1.29, 1.82) is 0 Å². The quantitative estimate of drug-likeness (QED) is 0.141. The number of rotatable bonds is 19. The topological polar surface area (TPSA) is 46.3 Å². The molecule has 0 aliphatic carbocycles. The fraction of sp³-hybridized carbons (Fsp3) is 0.880. The summed E-state index contributed by atoms with van der Waals surface area (Å²) in [4.78, 5) is 14.4. The average Bonchev–Trinajstić information content (AvgIpc) is 2.68. The summed E-state index contributed by atoms with van der Waals surface area (Å²) in [5.74, 6) is 0.237. The largest absolute Gasteiger partial charge is 0.325 e. The van der Waals surface area contributed by atoms with Crippen LogP contribution in [0.25, 0.3) is 0 Å². The highest BCUT2D eigenvalue weighted by Gasteiger charge is 2.23. The van der Waals surface area contributed by atoms with Gasteiger partial charge in [-0.3, -0.25) is 4.79 Å². The number of unbranched alkanes of at least 4 members (excludes halogenated alkanes) is 11. The maximum atomic E-state index is 12.5. The molecule has 0 rings (SSSR count). The Morgan fingerprint density at radius 3 is 1.71 bits per heavy atom. The van der Waals surface area contributed by atoms with Gasteiger partial charge < -0.3 is 10.6 Å². The Labute approximate surface area is 176 Å². The van der Waals surface area contributed by atoms with E-state index in [1.54, 1.807) is 0 Å². The molecule has 3 heteroatoms. The van der Waals surface area contributed by atoms with Gasteiger partial charge in [0, 0.05) is 12.5 Å². The van der Waals surface area contributed by atoms with Gasteiger partial charge >= 0.3 is 0 Å². The summed E-state index contributed by atoms with van der Waals surface area (Å²) in [5.41, 5.74) is 6.04. The lowest BCUT2D eigenvalue weighted by Crippen LogP contribution is -2.49. The van der Waals surface area contributed by atoms with Crippen LogP contribution in [0, 0.1) is 0 Å². The molecule has 0 spiro atoms. The van der Waals surface area contributed by atoms with Gasteiger partial charge in [-0.05, 0) is 51.9 Å². The molecule has 166 valence electrons. The first-order chi connectivity index (χ1) is 13.6. The van der Waals surface area contributed by atoms with E-state index in [9.17, 15) is 4.79 Å². The second kappa shape index (κ2) is 19.5. The Hall–Kier alpha value is -0.830. The lowest BCUT2D eigenvalue weighted by Gasteiger charge is -2.34. The third-order valence-corrected chi connectivity index (χ3v) is 5.72. The predicted molar refractivity (Wildman–Crippen MR) is 124 cm³/mol. The molecule has 0 aromatic carbocycles. The number of nitrogens with two attached hydrogens (primary N) is 1. The first-order valence-corrected chi connectivity index (χ1v) is 12.3. The Morgan fingerprint density at radius 1 is 0.786 bits per heavy atom. The van der Waals surface area contributed by atoms with E-state index < -0.39 is 0 Å². The molecule has 0 saturated carbocycles. The van der Waals surface area contributed by atoms with Crippen molar-refractivity contribution in [2.24, 2.45) is 5.73 Å². The predicted octanol–water partition coefficient (Wildman–Crippen LogP) is 7.35. The molecular weight excluding hydrogens is 344 g/mol. The molecule has 0 bridgehead atoms. The van der Waals surface area contributed by atoms with Crippen molar-refractivity contribution < 1.29 is 4.79 Å². The maximum Gasteiger partial charge on any atom is 0.224 e. The lowest BCUT2D eigenvalue weighted by molar-refractivity contribution is -0.136. The van der Waals surface area contributed by atoms with Gasteiger partial charge in [0.05, 0.1) is 6.17 Å². The standard InChI is InChI=1S/C25H50N2O/c1-5-8-9-10-11-12-13-14-15-16-17-18-19-20-21-22-25(28)27(23(4)26)24(6-2)7-3/h14-15,23-24H,5-13,16-22,26H2,1-4H3/b15-14-. The minimum absolute atomic E-state index is 0.180. The molecule has 1 amide bonds. The van der Waals surface area contributed by atoms with Gasteiger partial charge in [-0.15, -0.1) is 0 Å². The van der Waals surface area contributed by atoms with Crippen molar-refractivity contribution in [2.75, 3.05) is 0 Å². The van der Waals surface area contributed by atoms with E-state index in [1.165, 1.54) is 70.6 Å². The number of hydrogen-bond acceptors (Lipinski definition) is 2. The fourth-order valence-corrected chi connectivity index (χ4v) is 3.92. The van der Waals surface area contributed by atoms with E-state index in [4.69, 9.17) is 5.73 Å². The summed E-state index contributed by atoms with van der Waals surface area (Å²) in [6.07, 6.45) is 23.9. The first kappa shape index (κ1) is 27.2. The Balaban J connectivity index is 3.62. The highest BCUT2D eigenvalue weighted by atomic mass is 16.2. The molecule has 0 saturated heterocycles. The van der Waals surface area contributed by atoms with Crippen molar-refractivity contribution >= 4 is 5.91 Å². The van der Waals surface area contributed by atoms with Gasteiger partial charge in [0.2, 0.25) is 5.91 Å². The minimum Gasteiger partial charge on any atom is -0.325 e. The Kier molecular flexibility index (Phi) is 18.9. The fourth-order valence-electron chi connectivity index (χ4n) is 3.92. The first-order valence-electron chi connectivity index (χ1n) is 12.3. The molecule has 0 aliphatic rings. The molecule has 0 fully saturated rings. The summed E-state index contributed by atoms with van der Waals surface area (Å²) < 4.78 is 0. The number of carbonyl (C=O) groups excluding carboxylic acids is 1. The average molecular weight is 395 g/mol. The Bertz CT molecular complexity index is 375. The molecule has 0 radical (unpaired) electrons. The van der Waals surface area contributed by atoms with E-state index in [0.717, 1.165) is 25.7 Å². The lowest BCUT2D eigenvalue weighted by atomic mass is 10.1. The summed E-state index contributed by atoms with van der Waals surface area (Å²) in [6.45, 7) is 8.47. The van der Waals surface area contributed by atoms with Crippen molar-refractivity contribution in [2.45, 2.75) is 143 Å². The smallest absolute Gasteiger partial charge is 0.224 e. The van der Waals surface area contributed by atoms with Crippen molar-refractivity contribution in [1.82, 2.24) is 4.90 Å². The molecule has 0 aromatic heterocycles. The molecule has 2 N–H and O–H groups in total. The monoisotopic (exact) mass is 394 g/mol. The van der Waals surface area contributed by atoms with E-state index in [-0.39, 0.29) is 18.1 Å². The van der Waals surface area contributed by atoms with Crippen LogP contribution in [0.15, 0.2) is 12.2 Å². The highest BCUT2D eigenvalue weighted by molar-refractivity contribution is 5.76. The SMILES string of the molecule is CCCCCCCC/C=C\CCCCCCCC(=O)N(C(C)N)C(CC)CC. The zero-order chi connectivity index (χ0) is 21.0. The molecule has 0 aliphatic heterocycles. The van der Waals surface area contributed by atoms with Crippen LogP contribution in [-0.2, 0) is 4.79 Å². The molecule has 1 unspecified atom stereocenters. The zero-order valence-electron chi connectivity index (χ0n) is 19.6. The van der Waals surface area contributed by atoms with E-state index in [0.29, 0.717) is 6.42 Å². The van der Waals surface area contributed by atoms with Crippen molar-refractivity contribution in [3.8, 4) is 0 Å². The van der Waals surface area contributed by atoms with Gasteiger partial charge in [-0.2, -0.15) is 0 Å². The van der Waals surface area contributed by atoms with E-state index in [2.05, 4.69) is 32.9 Å². The number of amides is 1. The van der Waals surface area contributed by atoms with Gasteiger partial charge in [0.25, 0.3) is 0 Å². The van der Waals surface area contributed by atoms with Crippen LogP contribution in [0.2, 0.25) is 0 Å². The van der Waals surface area contributed by atoms with Gasteiger partial charge in [0.15, 0.2) is 0 Å². The van der Waals surface area contributed by atoms with Crippen LogP contribution in [0.4, 0.5) is 0 Å². The van der Waals surface area contributed by atoms with Crippen LogP contribution >= 0.6 is 0 Å².